The third-order valence-electron chi connectivity index (χ3n) is 3.06. The molecule has 1 heterocycles. The van der Waals surface area contributed by atoms with Gasteiger partial charge in [-0.05, 0) is 23.6 Å². The first kappa shape index (κ1) is 9.96. The molecule has 4 nitrogen and oxygen atoms in total. The van der Waals surface area contributed by atoms with Crippen LogP contribution in [-0.4, -0.2) is 21.0 Å². The number of hydrogen-bond donors (Lipinski definition) is 1. The van der Waals surface area contributed by atoms with Crippen molar-refractivity contribution in [1.82, 2.24) is 9.97 Å². The summed E-state index contributed by atoms with van der Waals surface area (Å²) in [7, 11) is 0. The average molecular weight is 226 g/mol. The molecule has 84 valence electrons. The number of hydrogen-bond acceptors (Lipinski definition) is 3. The average Bonchev–Trinajstić information content (AvgIpc) is 2.31. The maximum absolute atomic E-state index is 10.8. The third-order valence-corrected chi connectivity index (χ3v) is 3.06. The van der Waals surface area contributed by atoms with Crippen LogP contribution in [-0.2, 0) is 6.42 Å². The Morgan fingerprint density at radius 3 is 2.88 bits per heavy atom. The van der Waals surface area contributed by atoms with E-state index in [1.165, 1.54) is 23.4 Å². The van der Waals surface area contributed by atoms with Crippen molar-refractivity contribution < 1.29 is 9.90 Å². The van der Waals surface area contributed by atoms with Gasteiger partial charge in [-0.3, -0.25) is 0 Å². The van der Waals surface area contributed by atoms with E-state index in [9.17, 15) is 4.79 Å². The molecule has 0 radical (unpaired) electrons. The van der Waals surface area contributed by atoms with E-state index >= 15 is 0 Å². The Morgan fingerprint density at radius 2 is 2.12 bits per heavy atom. The van der Waals surface area contributed by atoms with Gasteiger partial charge >= 0.3 is 5.97 Å². The number of rotatable bonds is 2. The number of benzene rings is 1. The molecule has 1 N–H and O–H groups in total. The van der Waals surface area contributed by atoms with E-state index in [2.05, 4.69) is 16.0 Å². The molecular formula is C13H10N2O2. The molecule has 1 aliphatic rings. The standard InChI is InChI=1S/C13H10N2O2/c16-13(17)11-5-6-14-12(15-11)10-7-8-3-1-2-4-9(8)10/h1-6,10H,7H2,(H,16,17). The van der Waals surface area contributed by atoms with Gasteiger partial charge in [0.2, 0.25) is 0 Å². The molecule has 0 bridgehead atoms. The van der Waals surface area contributed by atoms with E-state index in [0.29, 0.717) is 5.82 Å². The molecule has 0 saturated heterocycles. The minimum atomic E-state index is -1.01. The number of carbonyl (C=O) groups is 1. The van der Waals surface area contributed by atoms with Crippen LogP contribution in [0.15, 0.2) is 36.5 Å². The molecule has 1 unspecified atom stereocenters. The summed E-state index contributed by atoms with van der Waals surface area (Å²) < 4.78 is 0. The highest BCUT2D eigenvalue weighted by atomic mass is 16.4. The molecule has 3 rings (SSSR count). The predicted octanol–water partition coefficient (Wildman–Crippen LogP) is 1.86. The number of fused-ring (bicyclic) bond motifs is 1. The van der Waals surface area contributed by atoms with Gasteiger partial charge in [0.1, 0.15) is 5.82 Å². The van der Waals surface area contributed by atoms with E-state index in [0.717, 1.165) is 6.42 Å². The Kier molecular flexibility index (Phi) is 2.14. The van der Waals surface area contributed by atoms with Gasteiger partial charge in [-0.2, -0.15) is 0 Å². The molecule has 1 aromatic carbocycles. The number of carboxylic acids is 1. The van der Waals surface area contributed by atoms with Gasteiger partial charge in [0, 0.05) is 12.1 Å². The fourth-order valence-corrected chi connectivity index (χ4v) is 2.15. The summed E-state index contributed by atoms with van der Waals surface area (Å²) in [6.07, 6.45) is 2.39. The zero-order chi connectivity index (χ0) is 11.8. The van der Waals surface area contributed by atoms with Gasteiger partial charge in [0.25, 0.3) is 0 Å². The molecule has 1 aromatic heterocycles. The molecule has 0 spiro atoms. The number of aromatic carboxylic acids is 1. The second-order valence-corrected chi connectivity index (χ2v) is 4.06. The molecule has 1 aliphatic carbocycles. The maximum atomic E-state index is 10.8. The smallest absolute Gasteiger partial charge is 0.354 e. The van der Waals surface area contributed by atoms with Crippen molar-refractivity contribution in [1.29, 1.82) is 0 Å². The summed E-state index contributed by atoms with van der Waals surface area (Å²) in [5.74, 6) is -0.268. The van der Waals surface area contributed by atoms with E-state index < -0.39 is 5.97 Å². The SMILES string of the molecule is O=C(O)c1ccnc(C2Cc3ccccc32)n1. The molecule has 1 atom stereocenters. The maximum Gasteiger partial charge on any atom is 0.354 e. The van der Waals surface area contributed by atoms with Gasteiger partial charge in [-0.1, -0.05) is 24.3 Å². The molecule has 17 heavy (non-hydrogen) atoms. The lowest BCUT2D eigenvalue weighted by Gasteiger charge is -2.28. The van der Waals surface area contributed by atoms with Crippen molar-refractivity contribution >= 4 is 5.97 Å². The van der Waals surface area contributed by atoms with Crippen LogP contribution in [0, 0.1) is 0 Å². The van der Waals surface area contributed by atoms with Crippen molar-refractivity contribution in [2.75, 3.05) is 0 Å². The summed E-state index contributed by atoms with van der Waals surface area (Å²) >= 11 is 0. The lowest BCUT2D eigenvalue weighted by Crippen LogP contribution is -2.21. The molecule has 2 aromatic rings. The van der Waals surface area contributed by atoms with Crippen LogP contribution in [0.25, 0.3) is 0 Å². The largest absolute Gasteiger partial charge is 0.477 e. The van der Waals surface area contributed by atoms with Crippen molar-refractivity contribution in [2.24, 2.45) is 0 Å². The highest BCUT2D eigenvalue weighted by Gasteiger charge is 2.29. The second kappa shape index (κ2) is 3.66. The predicted molar refractivity (Wildman–Crippen MR) is 61.0 cm³/mol. The number of carboxylic acid groups (broad SMARTS) is 1. The zero-order valence-electron chi connectivity index (χ0n) is 9.00. The monoisotopic (exact) mass is 226 g/mol. The normalized spacial score (nSPS) is 17.1. The summed E-state index contributed by atoms with van der Waals surface area (Å²) in [5, 5.41) is 8.89. The number of aromatic nitrogens is 2. The Balaban J connectivity index is 1.98. The van der Waals surface area contributed by atoms with Gasteiger partial charge in [0.05, 0.1) is 0 Å². The molecule has 0 amide bonds. The summed E-state index contributed by atoms with van der Waals surface area (Å²) in [4.78, 5) is 19.1. The topological polar surface area (TPSA) is 63.1 Å². The summed E-state index contributed by atoms with van der Waals surface area (Å²) in [6, 6.07) is 9.51. The van der Waals surface area contributed by atoms with Crippen LogP contribution < -0.4 is 0 Å². The van der Waals surface area contributed by atoms with Gasteiger partial charge in [0.15, 0.2) is 5.69 Å². The van der Waals surface area contributed by atoms with Crippen LogP contribution in [0.3, 0.4) is 0 Å². The van der Waals surface area contributed by atoms with Crippen molar-refractivity contribution in [3.05, 3.63) is 59.2 Å². The molecule has 4 heteroatoms. The summed E-state index contributed by atoms with van der Waals surface area (Å²) in [5.41, 5.74) is 2.55. The number of nitrogens with zero attached hydrogens (tertiary/aromatic N) is 2. The fourth-order valence-electron chi connectivity index (χ4n) is 2.15. The summed E-state index contributed by atoms with van der Waals surface area (Å²) in [6.45, 7) is 0. The van der Waals surface area contributed by atoms with Crippen LogP contribution >= 0.6 is 0 Å². The Morgan fingerprint density at radius 1 is 1.29 bits per heavy atom. The van der Waals surface area contributed by atoms with Crippen LogP contribution in [0.5, 0.6) is 0 Å². The first-order valence-corrected chi connectivity index (χ1v) is 5.40. The van der Waals surface area contributed by atoms with Gasteiger partial charge < -0.3 is 5.11 Å². The van der Waals surface area contributed by atoms with Gasteiger partial charge in [-0.25, -0.2) is 14.8 Å². The lowest BCUT2D eigenvalue weighted by molar-refractivity contribution is 0.0690. The zero-order valence-corrected chi connectivity index (χ0v) is 9.00. The Hall–Kier alpha value is -2.23. The van der Waals surface area contributed by atoms with Gasteiger partial charge in [-0.15, -0.1) is 0 Å². The first-order chi connectivity index (χ1) is 8.25. The molecule has 0 saturated carbocycles. The minimum Gasteiger partial charge on any atom is -0.477 e. The molecule has 0 aliphatic heterocycles. The van der Waals surface area contributed by atoms with Crippen LogP contribution in [0.2, 0.25) is 0 Å². The van der Waals surface area contributed by atoms with Crippen LogP contribution in [0.1, 0.15) is 33.4 Å². The minimum absolute atomic E-state index is 0.0550. The van der Waals surface area contributed by atoms with E-state index in [1.54, 1.807) is 0 Å². The quantitative estimate of drug-likeness (QED) is 0.849. The first-order valence-electron chi connectivity index (χ1n) is 5.40. The lowest BCUT2D eigenvalue weighted by atomic mass is 9.77. The van der Waals surface area contributed by atoms with Crippen molar-refractivity contribution in [3.8, 4) is 0 Å². The molecular weight excluding hydrogens is 216 g/mol. The Labute approximate surface area is 98.0 Å². The second-order valence-electron chi connectivity index (χ2n) is 4.06. The fraction of sp³-hybridized carbons (Fsp3) is 0.154. The third kappa shape index (κ3) is 1.58. The highest BCUT2D eigenvalue weighted by molar-refractivity contribution is 5.85. The highest BCUT2D eigenvalue weighted by Crippen LogP contribution is 2.38. The van der Waals surface area contributed by atoms with Crippen LogP contribution in [0.4, 0.5) is 0 Å². The van der Waals surface area contributed by atoms with E-state index in [1.807, 2.05) is 18.2 Å². The Bertz CT molecular complexity index is 595. The van der Waals surface area contributed by atoms with E-state index in [-0.39, 0.29) is 11.6 Å². The van der Waals surface area contributed by atoms with E-state index in [4.69, 9.17) is 5.11 Å². The van der Waals surface area contributed by atoms with Crippen molar-refractivity contribution in [3.63, 3.8) is 0 Å². The molecule has 0 fully saturated rings. The van der Waals surface area contributed by atoms with Crippen molar-refractivity contribution in [2.45, 2.75) is 12.3 Å².